The minimum atomic E-state index is 1.08. The average molecular weight is 1760 g/mol. The van der Waals surface area contributed by atoms with Gasteiger partial charge in [-0.1, -0.05) is 364 Å². The standard InChI is InChI=1S/2C66H45N3/c1-5-17-46(18-6-1)50-33-40-64(59(43-50)49-19-7-2-8-20-49)67(55-36-29-47(30-37-55)51-34-41-65-60(44-51)57-25-13-15-27-62(57)68(65)53-21-9-3-10-22-53)56-38-31-48(32-39-56)52-35-42-66-61(45-52)58-26-14-16-28-63(58)69(66)54-23-11-4-12-24-54;1-3-15-46(16-4-1)52-35-44-66(61(45-52)51-17-5-2-6-18-51)67(53-36-27-47(28-37-53)49-31-40-55(41-32-49)68-62-23-11-7-19-57(62)58-20-8-12-24-63(58)68)54-38-29-48(30-39-54)50-33-42-56(43-34-50)69-64-25-13-9-21-59(64)60-22-10-14-26-65(60)69/h2*1-45H. The third kappa shape index (κ3) is 14.9. The van der Waals surface area contributed by atoms with Gasteiger partial charge in [-0.15, -0.1) is 0 Å². The number of para-hydroxylation sites is 8. The van der Waals surface area contributed by atoms with E-state index in [-0.39, 0.29) is 0 Å². The van der Waals surface area contributed by atoms with Crippen molar-refractivity contribution in [2.24, 2.45) is 0 Å². The Balaban J connectivity index is 0.000000146. The van der Waals surface area contributed by atoms with Gasteiger partial charge in [-0.25, -0.2) is 0 Å². The predicted molar refractivity (Wildman–Crippen MR) is 583 cm³/mol. The van der Waals surface area contributed by atoms with Crippen molar-refractivity contribution in [1.29, 1.82) is 0 Å². The van der Waals surface area contributed by atoms with E-state index in [0.29, 0.717) is 0 Å². The highest BCUT2D eigenvalue weighted by Gasteiger charge is 2.25. The Morgan fingerprint density at radius 1 is 0.116 bits per heavy atom. The molecule has 26 aromatic rings. The molecule has 4 aromatic heterocycles. The molecule has 0 bridgehead atoms. The van der Waals surface area contributed by atoms with Crippen LogP contribution in [0.1, 0.15) is 0 Å². The van der Waals surface area contributed by atoms with Crippen molar-refractivity contribution in [3.63, 3.8) is 0 Å². The number of rotatable bonds is 18. The Hall–Kier alpha value is -18.4. The average Bonchev–Trinajstić information content (AvgIpc) is 1.61. The molecule has 138 heavy (non-hydrogen) atoms. The molecule has 0 radical (unpaired) electrons. The maximum absolute atomic E-state index is 2.41. The van der Waals surface area contributed by atoms with E-state index in [1.54, 1.807) is 0 Å². The lowest BCUT2D eigenvalue weighted by Crippen LogP contribution is -2.11. The fourth-order valence-corrected chi connectivity index (χ4v) is 20.9. The van der Waals surface area contributed by atoms with Crippen LogP contribution in [0.25, 0.3) is 199 Å². The highest BCUT2D eigenvalue weighted by Crippen LogP contribution is 2.49. The number of anilines is 6. The van der Waals surface area contributed by atoms with Crippen molar-refractivity contribution in [2.75, 3.05) is 9.80 Å². The summed E-state index contributed by atoms with van der Waals surface area (Å²) in [5.41, 5.74) is 39.5. The number of fused-ring (bicyclic) bond motifs is 12. The highest BCUT2D eigenvalue weighted by atomic mass is 15.2. The van der Waals surface area contributed by atoms with Crippen LogP contribution in [-0.4, -0.2) is 18.3 Å². The third-order valence-electron chi connectivity index (χ3n) is 27.5. The topological polar surface area (TPSA) is 26.2 Å². The first-order chi connectivity index (χ1) is 68.5. The summed E-state index contributed by atoms with van der Waals surface area (Å²) in [6.45, 7) is 0. The first-order valence-corrected chi connectivity index (χ1v) is 47.3. The second-order valence-electron chi connectivity index (χ2n) is 35.5. The van der Waals surface area contributed by atoms with Crippen LogP contribution >= 0.6 is 0 Å². The summed E-state index contributed by atoms with van der Waals surface area (Å²) in [5, 5.41) is 10.0. The van der Waals surface area contributed by atoms with Crippen LogP contribution in [0.2, 0.25) is 0 Å². The fourth-order valence-electron chi connectivity index (χ4n) is 20.9. The van der Waals surface area contributed by atoms with Crippen molar-refractivity contribution in [2.45, 2.75) is 0 Å². The zero-order valence-electron chi connectivity index (χ0n) is 75.6. The van der Waals surface area contributed by atoms with Crippen LogP contribution in [-0.2, 0) is 0 Å². The molecule has 0 spiro atoms. The van der Waals surface area contributed by atoms with Crippen LogP contribution < -0.4 is 9.80 Å². The van der Waals surface area contributed by atoms with Crippen molar-refractivity contribution in [1.82, 2.24) is 18.3 Å². The monoisotopic (exact) mass is 1760 g/mol. The maximum Gasteiger partial charge on any atom is 0.0541 e. The molecule has 0 atom stereocenters. The van der Waals surface area contributed by atoms with E-state index in [1.165, 1.54) is 143 Å². The van der Waals surface area contributed by atoms with Gasteiger partial charge >= 0.3 is 0 Å². The van der Waals surface area contributed by atoms with E-state index in [0.717, 1.165) is 90.3 Å². The Bertz CT molecular complexity index is 8470. The summed E-state index contributed by atoms with van der Waals surface area (Å²) in [5.74, 6) is 0. The minimum Gasteiger partial charge on any atom is -0.310 e. The molecular weight excluding hydrogens is 1670 g/mol. The smallest absolute Gasteiger partial charge is 0.0541 e. The summed E-state index contributed by atoms with van der Waals surface area (Å²) in [6, 6.07) is 198. The van der Waals surface area contributed by atoms with Gasteiger partial charge in [-0.3, -0.25) is 0 Å². The Kier molecular flexibility index (Phi) is 20.9. The quantitative estimate of drug-likeness (QED) is 0.0856. The number of benzene rings is 22. The second-order valence-corrected chi connectivity index (χ2v) is 35.5. The van der Waals surface area contributed by atoms with E-state index in [1.807, 2.05) is 0 Å². The summed E-state index contributed by atoms with van der Waals surface area (Å²) >= 11 is 0. The molecular formula is C132H90N6. The van der Waals surface area contributed by atoms with Gasteiger partial charge in [0, 0.05) is 99.7 Å². The zero-order chi connectivity index (χ0) is 91.4. The molecule has 22 aromatic carbocycles. The maximum atomic E-state index is 2.41. The molecule has 4 heterocycles. The first-order valence-electron chi connectivity index (χ1n) is 47.3. The molecule has 6 nitrogen and oxygen atoms in total. The first kappa shape index (κ1) is 81.6. The van der Waals surface area contributed by atoms with Gasteiger partial charge in [0.15, 0.2) is 0 Å². The van der Waals surface area contributed by atoms with Crippen molar-refractivity contribution >= 4 is 121 Å². The van der Waals surface area contributed by atoms with Gasteiger partial charge in [-0.05, 0) is 260 Å². The predicted octanol–water partition coefficient (Wildman–Crippen LogP) is 36.0. The Morgan fingerprint density at radius 3 is 0.572 bits per heavy atom. The largest absolute Gasteiger partial charge is 0.310 e. The number of aromatic nitrogens is 4. The zero-order valence-corrected chi connectivity index (χ0v) is 75.6. The van der Waals surface area contributed by atoms with Gasteiger partial charge in [0.2, 0.25) is 0 Å². The molecule has 0 fully saturated rings. The molecule has 6 heteroatoms. The molecule has 0 aliphatic rings. The molecule has 0 N–H and O–H groups in total. The van der Waals surface area contributed by atoms with Gasteiger partial charge in [0.25, 0.3) is 0 Å². The number of hydrogen-bond donors (Lipinski definition) is 0. The lowest BCUT2D eigenvalue weighted by Gasteiger charge is -2.29. The highest BCUT2D eigenvalue weighted by molar-refractivity contribution is 6.14. The summed E-state index contributed by atoms with van der Waals surface area (Å²) in [6.07, 6.45) is 0. The molecule has 0 aliphatic heterocycles. The van der Waals surface area contributed by atoms with Crippen molar-refractivity contribution in [3.8, 4) is 112 Å². The molecule has 648 valence electrons. The van der Waals surface area contributed by atoms with E-state index in [4.69, 9.17) is 0 Å². The van der Waals surface area contributed by atoms with Crippen LogP contribution in [0.15, 0.2) is 546 Å². The van der Waals surface area contributed by atoms with E-state index in [9.17, 15) is 0 Å². The molecule has 0 aliphatic carbocycles. The lowest BCUT2D eigenvalue weighted by atomic mass is 9.96. The molecule has 0 saturated carbocycles. The summed E-state index contributed by atoms with van der Waals surface area (Å²) < 4.78 is 9.49. The Labute approximate surface area is 801 Å². The van der Waals surface area contributed by atoms with Gasteiger partial charge in [-0.2, -0.15) is 0 Å². The molecule has 26 rings (SSSR count). The third-order valence-corrected chi connectivity index (χ3v) is 27.5. The minimum absolute atomic E-state index is 1.08. The molecule has 0 unspecified atom stereocenters. The van der Waals surface area contributed by atoms with E-state index >= 15 is 0 Å². The molecule has 0 amide bonds. The second kappa shape index (κ2) is 35.3. The van der Waals surface area contributed by atoms with Gasteiger partial charge in [0.05, 0.1) is 55.5 Å². The van der Waals surface area contributed by atoms with Gasteiger partial charge < -0.3 is 28.1 Å². The van der Waals surface area contributed by atoms with Gasteiger partial charge in [0.1, 0.15) is 0 Å². The van der Waals surface area contributed by atoms with Crippen LogP contribution in [0.5, 0.6) is 0 Å². The fraction of sp³-hybridized carbons (Fsp3) is 0. The lowest BCUT2D eigenvalue weighted by molar-refractivity contribution is 1.18. The number of nitrogens with zero attached hydrogens (tertiary/aromatic N) is 6. The van der Waals surface area contributed by atoms with Crippen molar-refractivity contribution < 1.29 is 0 Å². The van der Waals surface area contributed by atoms with Crippen LogP contribution in [0.4, 0.5) is 34.1 Å². The van der Waals surface area contributed by atoms with Crippen LogP contribution in [0.3, 0.4) is 0 Å². The number of hydrogen-bond acceptors (Lipinski definition) is 2. The van der Waals surface area contributed by atoms with E-state index in [2.05, 4.69) is 574 Å². The normalized spacial score (nSPS) is 11.5. The SMILES string of the molecule is c1ccc(-c2ccc(N(c3ccc(-c4ccc(-n5c6ccccc6c6ccccc65)cc4)cc3)c3ccc(-c4ccc(-n5c6ccccc6c6ccccc65)cc4)cc3)c(-c3ccccc3)c2)cc1.c1ccc(-c2ccc(N(c3ccc(-c4ccc5c(c4)c4ccccc4n5-c4ccccc4)cc3)c3ccc(-c4ccc5c(c4)c4ccccc4n5-c4ccccc4)cc3)c(-c3ccccc3)c2)cc1. The molecule has 0 saturated heterocycles. The van der Waals surface area contributed by atoms with Crippen LogP contribution in [0, 0.1) is 0 Å². The van der Waals surface area contributed by atoms with Crippen molar-refractivity contribution in [3.05, 3.63) is 546 Å². The Morgan fingerprint density at radius 2 is 0.297 bits per heavy atom. The summed E-state index contributed by atoms with van der Waals surface area (Å²) in [7, 11) is 0. The van der Waals surface area contributed by atoms with E-state index < -0.39 is 0 Å². The summed E-state index contributed by atoms with van der Waals surface area (Å²) in [4.78, 5) is 4.82.